The van der Waals surface area contributed by atoms with E-state index in [-0.39, 0.29) is 4.75 Å². The maximum absolute atomic E-state index is 11.9. The molecule has 0 saturated heterocycles. The molecule has 0 bridgehead atoms. The van der Waals surface area contributed by atoms with Gasteiger partial charge in [0.15, 0.2) is 0 Å². The van der Waals surface area contributed by atoms with Gasteiger partial charge in [-0.1, -0.05) is 0 Å². The van der Waals surface area contributed by atoms with Crippen molar-refractivity contribution in [3.05, 3.63) is 21.4 Å². The average Bonchev–Trinajstić information content (AvgIpc) is 2.56. The van der Waals surface area contributed by atoms with Crippen molar-refractivity contribution < 1.29 is 4.21 Å². The maximum atomic E-state index is 11.9. The van der Waals surface area contributed by atoms with Crippen LogP contribution in [-0.4, -0.2) is 21.3 Å². The van der Waals surface area contributed by atoms with Gasteiger partial charge in [0.25, 0.3) is 0 Å². The molecule has 2 nitrogen and oxygen atoms in total. The van der Waals surface area contributed by atoms with E-state index in [2.05, 4.69) is 32.2 Å². The second-order valence-electron chi connectivity index (χ2n) is 5.71. The zero-order chi connectivity index (χ0) is 13.9. The van der Waals surface area contributed by atoms with E-state index in [1.807, 2.05) is 32.1 Å². The van der Waals surface area contributed by atoms with Gasteiger partial charge in [0.2, 0.25) is 0 Å². The van der Waals surface area contributed by atoms with E-state index < -0.39 is 10.8 Å². The molecule has 0 amide bonds. The van der Waals surface area contributed by atoms with Gasteiger partial charge in [-0.05, 0) is 53.2 Å². The van der Waals surface area contributed by atoms with Crippen LogP contribution in [0.15, 0.2) is 6.07 Å². The van der Waals surface area contributed by atoms with Crippen molar-refractivity contribution in [2.45, 2.75) is 52.3 Å². The fourth-order valence-corrected chi connectivity index (χ4v) is 3.80. The Morgan fingerprint density at radius 3 is 2.44 bits per heavy atom. The molecule has 104 valence electrons. The minimum atomic E-state index is -0.770. The zero-order valence-corrected chi connectivity index (χ0v) is 13.9. The van der Waals surface area contributed by atoms with Crippen LogP contribution in [0, 0.1) is 13.8 Å². The summed E-state index contributed by atoms with van der Waals surface area (Å²) in [5.74, 6) is 0.718. The largest absolute Gasteiger partial charge is 0.309 e. The van der Waals surface area contributed by atoms with E-state index in [0.29, 0.717) is 6.04 Å². The van der Waals surface area contributed by atoms with Gasteiger partial charge in [0.05, 0.1) is 0 Å². The Morgan fingerprint density at radius 1 is 1.39 bits per heavy atom. The molecule has 0 unspecified atom stereocenters. The molecule has 1 heterocycles. The smallest absolute Gasteiger partial charge is 0.0375 e. The SMILES string of the molecule is Cc1cc([C@H](C)NCC[S@](=O)C(C)(C)C)c(C)s1. The van der Waals surface area contributed by atoms with Crippen LogP contribution in [0.1, 0.15) is 49.1 Å². The van der Waals surface area contributed by atoms with Gasteiger partial charge in [-0.3, -0.25) is 4.21 Å². The average molecular weight is 287 g/mol. The van der Waals surface area contributed by atoms with Gasteiger partial charge < -0.3 is 5.32 Å². The van der Waals surface area contributed by atoms with Crippen molar-refractivity contribution in [1.29, 1.82) is 0 Å². The van der Waals surface area contributed by atoms with Gasteiger partial charge >= 0.3 is 0 Å². The Hall–Kier alpha value is -0.190. The lowest BCUT2D eigenvalue weighted by molar-refractivity contribution is 0.590. The van der Waals surface area contributed by atoms with E-state index in [1.54, 1.807) is 0 Å². The standard InChI is InChI=1S/C14H25NOS2/c1-10-9-13(12(3)17-10)11(2)15-7-8-18(16)14(4,5)6/h9,11,15H,7-8H2,1-6H3/t11-,18-/m0/s1. The first-order valence-corrected chi connectivity index (χ1v) is 8.54. The molecule has 1 N–H and O–H groups in total. The Bertz CT molecular complexity index is 418. The summed E-state index contributed by atoms with van der Waals surface area (Å²) in [5.41, 5.74) is 1.37. The Labute approximate surface area is 118 Å². The summed E-state index contributed by atoms with van der Waals surface area (Å²) in [4.78, 5) is 2.74. The van der Waals surface area contributed by atoms with Crippen molar-refractivity contribution in [2.75, 3.05) is 12.3 Å². The predicted octanol–water partition coefficient (Wildman–Crippen LogP) is 3.56. The van der Waals surface area contributed by atoms with E-state index in [4.69, 9.17) is 0 Å². The molecule has 0 fully saturated rings. The molecule has 18 heavy (non-hydrogen) atoms. The lowest BCUT2D eigenvalue weighted by Crippen LogP contribution is -2.30. The summed E-state index contributed by atoms with van der Waals surface area (Å²) in [7, 11) is -0.770. The van der Waals surface area contributed by atoms with Gasteiger partial charge in [0, 0.05) is 43.6 Å². The molecular formula is C14H25NOS2. The predicted molar refractivity (Wildman–Crippen MR) is 83.0 cm³/mol. The number of hydrogen-bond acceptors (Lipinski definition) is 3. The lowest BCUT2D eigenvalue weighted by atomic mass is 10.1. The molecule has 1 aromatic heterocycles. The second kappa shape index (κ2) is 6.31. The molecule has 4 heteroatoms. The minimum absolute atomic E-state index is 0.111. The fraction of sp³-hybridized carbons (Fsp3) is 0.714. The third-order valence-corrected chi connectivity index (χ3v) is 5.89. The summed E-state index contributed by atoms with van der Waals surface area (Å²) in [6, 6.07) is 2.59. The second-order valence-corrected chi connectivity index (χ2v) is 9.49. The van der Waals surface area contributed by atoms with Crippen LogP contribution in [0.5, 0.6) is 0 Å². The van der Waals surface area contributed by atoms with Gasteiger partial charge in [0.1, 0.15) is 0 Å². The molecule has 0 aromatic carbocycles. The number of hydrogen-bond donors (Lipinski definition) is 1. The highest BCUT2D eigenvalue weighted by atomic mass is 32.2. The quantitative estimate of drug-likeness (QED) is 0.897. The first-order chi connectivity index (χ1) is 8.21. The highest BCUT2D eigenvalue weighted by molar-refractivity contribution is 7.86. The Kier molecular flexibility index (Phi) is 5.56. The number of thiophene rings is 1. The fourth-order valence-electron chi connectivity index (χ4n) is 1.86. The van der Waals surface area contributed by atoms with Gasteiger partial charge in [-0.15, -0.1) is 11.3 Å². The third kappa shape index (κ3) is 4.48. The highest BCUT2D eigenvalue weighted by Crippen LogP contribution is 2.25. The summed E-state index contributed by atoms with van der Waals surface area (Å²) in [6.45, 7) is 13.4. The normalized spacial score (nSPS) is 15.7. The van der Waals surface area contributed by atoms with Crippen LogP contribution >= 0.6 is 11.3 Å². The summed E-state index contributed by atoms with van der Waals surface area (Å²) >= 11 is 1.84. The van der Waals surface area contributed by atoms with Crippen LogP contribution in [-0.2, 0) is 10.8 Å². The van der Waals surface area contributed by atoms with Crippen LogP contribution in [0.4, 0.5) is 0 Å². The highest BCUT2D eigenvalue weighted by Gasteiger charge is 2.19. The molecule has 1 rings (SSSR count). The van der Waals surface area contributed by atoms with Crippen LogP contribution in [0.3, 0.4) is 0 Å². The monoisotopic (exact) mass is 287 g/mol. The van der Waals surface area contributed by atoms with Crippen LogP contribution in [0.2, 0.25) is 0 Å². The summed E-state index contributed by atoms with van der Waals surface area (Å²) in [5, 5.41) is 3.47. The van der Waals surface area contributed by atoms with Crippen LogP contribution < -0.4 is 5.32 Å². The van der Waals surface area contributed by atoms with Crippen molar-refractivity contribution in [3.63, 3.8) is 0 Å². The topological polar surface area (TPSA) is 29.1 Å². The number of nitrogens with one attached hydrogen (secondary N) is 1. The molecule has 0 aliphatic rings. The Morgan fingerprint density at radius 2 is 2.00 bits per heavy atom. The van der Waals surface area contributed by atoms with Crippen molar-refractivity contribution in [2.24, 2.45) is 0 Å². The molecular weight excluding hydrogens is 262 g/mol. The third-order valence-electron chi connectivity index (χ3n) is 2.97. The summed E-state index contributed by atoms with van der Waals surface area (Å²) < 4.78 is 11.8. The maximum Gasteiger partial charge on any atom is 0.0375 e. The van der Waals surface area contributed by atoms with E-state index in [9.17, 15) is 4.21 Å². The first kappa shape index (κ1) is 15.9. The Balaban J connectivity index is 2.45. The van der Waals surface area contributed by atoms with Crippen LogP contribution in [0.25, 0.3) is 0 Å². The van der Waals surface area contributed by atoms with Gasteiger partial charge in [-0.25, -0.2) is 0 Å². The first-order valence-electron chi connectivity index (χ1n) is 6.40. The zero-order valence-electron chi connectivity index (χ0n) is 12.3. The van der Waals surface area contributed by atoms with Crippen molar-refractivity contribution in [3.8, 4) is 0 Å². The molecule has 2 atom stereocenters. The summed E-state index contributed by atoms with van der Waals surface area (Å²) in [6.07, 6.45) is 0. The minimum Gasteiger partial charge on any atom is -0.309 e. The molecule has 0 aliphatic carbocycles. The molecule has 0 spiro atoms. The molecule has 0 aliphatic heterocycles. The van der Waals surface area contributed by atoms with Crippen molar-refractivity contribution in [1.82, 2.24) is 5.32 Å². The molecule has 0 saturated carbocycles. The van der Waals surface area contributed by atoms with E-state index in [0.717, 1.165) is 12.3 Å². The number of aryl methyl sites for hydroxylation is 2. The molecule has 0 radical (unpaired) electrons. The number of rotatable bonds is 5. The lowest BCUT2D eigenvalue weighted by Gasteiger charge is -2.19. The van der Waals surface area contributed by atoms with E-state index in [1.165, 1.54) is 15.3 Å². The van der Waals surface area contributed by atoms with Gasteiger partial charge in [-0.2, -0.15) is 0 Å². The molecule has 1 aromatic rings. The van der Waals surface area contributed by atoms with Crippen molar-refractivity contribution >= 4 is 22.1 Å². The van der Waals surface area contributed by atoms with E-state index >= 15 is 0 Å².